The third kappa shape index (κ3) is 7.28. The van der Waals surface area contributed by atoms with Crippen LogP contribution in [-0.4, -0.2) is 69.6 Å². The van der Waals surface area contributed by atoms with Gasteiger partial charge >= 0.3 is 5.63 Å². The molecule has 1 aromatic carbocycles. The summed E-state index contributed by atoms with van der Waals surface area (Å²) in [5.41, 5.74) is 1.99. The first-order valence-electron chi connectivity index (χ1n) is 11.3. The highest BCUT2D eigenvalue weighted by molar-refractivity contribution is 5.93. The zero-order chi connectivity index (χ0) is 25.4. The largest absolute Gasteiger partial charge is 0.423 e. The molecular formula is C25H30N4O6. The minimum atomic E-state index is -0.504. The third-order valence-electron chi connectivity index (χ3n) is 5.41. The highest BCUT2D eigenvalue weighted by atomic mass is 16.5. The Bertz CT molecular complexity index is 1180. The van der Waals surface area contributed by atoms with Gasteiger partial charge in [0.25, 0.3) is 5.91 Å². The van der Waals surface area contributed by atoms with Gasteiger partial charge < -0.3 is 29.6 Å². The van der Waals surface area contributed by atoms with Crippen LogP contribution in [-0.2, 0) is 25.5 Å². The summed E-state index contributed by atoms with van der Waals surface area (Å²) < 4.78 is 10.7. The highest BCUT2D eigenvalue weighted by Crippen LogP contribution is 2.23. The lowest BCUT2D eigenvalue weighted by atomic mass is 10.1. The lowest BCUT2D eigenvalue weighted by molar-refractivity contribution is -0.125. The number of ether oxygens (including phenoxy) is 1. The maximum atomic E-state index is 12.3. The van der Waals surface area contributed by atoms with Crippen LogP contribution >= 0.6 is 0 Å². The fraction of sp³-hybridized carbons (Fsp3) is 0.360. The van der Waals surface area contributed by atoms with Crippen molar-refractivity contribution in [2.75, 3.05) is 51.8 Å². The van der Waals surface area contributed by atoms with Crippen molar-refractivity contribution >= 4 is 34.4 Å². The summed E-state index contributed by atoms with van der Waals surface area (Å²) in [4.78, 5) is 51.1. The van der Waals surface area contributed by atoms with E-state index in [2.05, 4.69) is 17.2 Å². The van der Waals surface area contributed by atoms with Gasteiger partial charge in [0.1, 0.15) is 5.58 Å². The minimum absolute atomic E-state index is 0.0426. The molecule has 1 aliphatic rings. The molecule has 186 valence electrons. The van der Waals surface area contributed by atoms with E-state index in [1.807, 2.05) is 31.1 Å². The van der Waals surface area contributed by atoms with Crippen LogP contribution in [0.1, 0.15) is 12.0 Å². The van der Waals surface area contributed by atoms with Crippen LogP contribution in [0.4, 0.5) is 5.69 Å². The van der Waals surface area contributed by atoms with E-state index in [0.29, 0.717) is 35.3 Å². The number of nitrogens with zero attached hydrogens (tertiary/aromatic N) is 2. The molecule has 2 heterocycles. The second kappa shape index (κ2) is 12.0. The Kier molecular flexibility index (Phi) is 8.80. The van der Waals surface area contributed by atoms with Gasteiger partial charge in [-0.2, -0.15) is 0 Å². The number of amides is 3. The topological polar surface area (TPSA) is 121 Å². The van der Waals surface area contributed by atoms with Gasteiger partial charge in [0.2, 0.25) is 11.8 Å². The van der Waals surface area contributed by atoms with E-state index in [1.165, 1.54) is 17.0 Å². The van der Waals surface area contributed by atoms with Gasteiger partial charge in [-0.15, -0.1) is 0 Å². The summed E-state index contributed by atoms with van der Waals surface area (Å²) in [7, 11) is 3.78. The van der Waals surface area contributed by atoms with Crippen molar-refractivity contribution in [1.82, 2.24) is 15.5 Å². The molecule has 2 aromatic rings. The van der Waals surface area contributed by atoms with Crippen LogP contribution in [0.2, 0.25) is 0 Å². The predicted octanol–water partition coefficient (Wildman–Crippen LogP) is 0.953. The van der Waals surface area contributed by atoms with Crippen molar-refractivity contribution in [2.24, 2.45) is 0 Å². The van der Waals surface area contributed by atoms with E-state index in [0.717, 1.165) is 5.69 Å². The minimum Gasteiger partial charge on any atom is -0.423 e. The number of rotatable bonds is 12. The van der Waals surface area contributed by atoms with Crippen LogP contribution in [0.3, 0.4) is 0 Å². The van der Waals surface area contributed by atoms with Gasteiger partial charge in [-0.3, -0.25) is 14.4 Å². The summed E-state index contributed by atoms with van der Waals surface area (Å²) in [6.45, 7) is 5.20. The Hall–Kier alpha value is -3.92. The van der Waals surface area contributed by atoms with Crippen LogP contribution in [0.25, 0.3) is 11.0 Å². The Labute approximate surface area is 203 Å². The quantitative estimate of drug-likeness (QED) is 0.341. The van der Waals surface area contributed by atoms with Gasteiger partial charge in [-0.25, -0.2) is 4.79 Å². The summed E-state index contributed by atoms with van der Waals surface area (Å²) in [5, 5.41) is 6.20. The van der Waals surface area contributed by atoms with Crippen molar-refractivity contribution in [2.45, 2.75) is 12.8 Å². The molecule has 0 radical (unpaired) electrons. The molecule has 0 atom stereocenters. The number of carbonyl (C=O) groups is 3. The second-order valence-electron chi connectivity index (χ2n) is 8.22. The number of fused-ring (bicyclic) bond motifs is 1. The molecule has 2 N–H and O–H groups in total. The molecule has 0 saturated carbocycles. The van der Waals surface area contributed by atoms with E-state index >= 15 is 0 Å². The highest BCUT2D eigenvalue weighted by Gasteiger charge is 2.19. The van der Waals surface area contributed by atoms with E-state index in [4.69, 9.17) is 9.15 Å². The van der Waals surface area contributed by atoms with E-state index < -0.39 is 5.63 Å². The fourth-order valence-electron chi connectivity index (χ4n) is 3.55. The molecule has 10 nitrogen and oxygen atoms in total. The number of hydrogen-bond acceptors (Lipinski definition) is 7. The van der Waals surface area contributed by atoms with Crippen molar-refractivity contribution in [3.05, 3.63) is 64.7 Å². The maximum Gasteiger partial charge on any atom is 0.336 e. The number of anilines is 1. The van der Waals surface area contributed by atoms with Crippen LogP contribution in [0.15, 0.2) is 57.9 Å². The van der Waals surface area contributed by atoms with E-state index in [9.17, 15) is 19.2 Å². The van der Waals surface area contributed by atoms with Crippen molar-refractivity contribution in [1.29, 1.82) is 0 Å². The number of carbonyl (C=O) groups excluding carboxylic acids is 3. The Morgan fingerprint density at radius 1 is 1.06 bits per heavy atom. The number of allylic oxidation sites excluding steroid dienone is 1. The van der Waals surface area contributed by atoms with Gasteiger partial charge in [0, 0.05) is 75.1 Å². The molecule has 0 aliphatic carbocycles. The smallest absolute Gasteiger partial charge is 0.336 e. The average Bonchev–Trinajstić information content (AvgIpc) is 3.13. The molecule has 35 heavy (non-hydrogen) atoms. The summed E-state index contributed by atoms with van der Waals surface area (Å²) >= 11 is 0. The first-order valence-corrected chi connectivity index (χ1v) is 11.3. The normalized spacial score (nSPS) is 12.9. The monoisotopic (exact) mass is 482 g/mol. The van der Waals surface area contributed by atoms with Gasteiger partial charge in [0.15, 0.2) is 0 Å². The van der Waals surface area contributed by atoms with Gasteiger partial charge in [-0.05, 0) is 23.8 Å². The van der Waals surface area contributed by atoms with E-state index in [-0.39, 0.29) is 50.3 Å². The zero-order valence-corrected chi connectivity index (χ0v) is 20.0. The molecule has 0 spiro atoms. The molecule has 0 bridgehead atoms. The van der Waals surface area contributed by atoms with Crippen molar-refractivity contribution < 1.29 is 23.5 Å². The zero-order valence-electron chi connectivity index (χ0n) is 20.0. The average molecular weight is 483 g/mol. The molecule has 3 rings (SSSR count). The Morgan fingerprint density at radius 2 is 1.77 bits per heavy atom. The Balaban J connectivity index is 1.33. The molecule has 0 fully saturated rings. The van der Waals surface area contributed by atoms with Crippen LogP contribution in [0, 0.1) is 0 Å². The lowest BCUT2D eigenvalue weighted by Crippen LogP contribution is -2.33. The summed E-state index contributed by atoms with van der Waals surface area (Å²) in [6.07, 6.45) is 3.26. The van der Waals surface area contributed by atoms with Gasteiger partial charge in [-0.1, -0.05) is 6.58 Å². The van der Waals surface area contributed by atoms with Crippen molar-refractivity contribution in [3.8, 4) is 0 Å². The lowest BCUT2D eigenvalue weighted by Gasteiger charge is -2.16. The number of nitrogens with one attached hydrogen (secondary N) is 2. The molecule has 0 unspecified atom stereocenters. The molecular weight excluding hydrogens is 452 g/mol. The standard InChI is InChI=1S/C25H30N4O6/c1-17-4-7-24(32)29(17)11-8-22(30)26-9-12-34-13-10-27-23(31)14-18-15-25(33)35-21-16-19(28(2)3)5-6-20(18)21/h4-7,15-16H,1,8-14H2,2-3H3,(H,26,30)(H,27,31). The number of hydrogen-bond donors (Lipinski definition) is 2. The second-order valence-corrected chi connectivity index (χ2v) is 8.22. The first kappa shape index (κ1) is 25.7. The maximum absolute atomic E-state index is 12.3. The fourth-order valence-corrected chi connectivity index (χ4v) is 3.55. The molecule has 3 amide bonds. The van der Waals surface area contributed by atoms with Crippen LogP contribution < -0.4 is 21.2 Å². The predicted molar refractivity (Wildman–Crippen MR) is 132 cm³/mol. The third-order valence-corrected chi connectivity index (χ3v) is 5.41. The molecule has 1 aromatic heterocycles. The molecule has 0 saturated heterocycles. The van der Waals surface area contributed by atoms with Crippen LogP contribution in [0.5, 0.6) is 0 Å². The van der Waals surface area contributed by atoms with Gasteiger partial charge in [0.05, 0.1) is 19.6 Å². The summed E-state index contributed by atoms with van der Waals surface area (Å²) in [5.74, 6) is -0.597. The SMILES string of the molecule is C=C1C=CC(=O)N1CCC(=O)NCCOCCNC(=O)Cc1cc(=O)oc2cc(N(C)C)ccc12. The van der Waals surface area contributed by atoms with E-state index in [1.54, 1.807) is 12.1 Å². The first-order chi connectivity index (χ1) is 16.7. The number of benzene rings is 1. The molecule has 1 aliphatic heterocycles. The van der Waals surface area contributed by atoms with Crippen molar-refractivity contribution in [3.63, 3.8) is 0 Å². The summed E-state index contributed by atoms with van der Waals surface area (Å²) in [6, 6.07) is 6.84. The molecule has 10 heteroatoms. The Morgan fingerprint density at radius 3 is 2.43 bits per heavy atom.